The van der Waals surface area contributed by atoms with Crippen molar-refractivity contribution in [3.63, 3.8) is 0 Å². The molecule has 0 unspecified atom stereocenters. The summed E-state index contributed by atoms with van der Waals surface area (Å²) >= 11 is -0.826. The Kier molecular flexibility index (Phi) is 6.58. The first-order valence-electron chi connectivity index (χ1n) is 9.75. The van der Waals surface area contributed by atoms with Crippen molar-refractivity contribution in [1.29, 1.82) is 0 Å². The van der Waals surface area contributed by atoms with Gasteiger partial charge in [-0.1, -0.05) is 59.2 Å². The Balaban J connectivity index is 0.000000687. The van der Waals surface area contributed by atoms with E-state index < -0.39 is 20.8 Å². The number of furan rings is 1. The van der Waals surface area contributed by atoms with Crippen LogP contribution in [-0.2, 0) is 20.8 Å². The number of halogens is 2. The summed E-state index contributed by atoms with van der Waals surface area (Å²) in [6.45, 7) is 6.42. The monoisotopic (exact) mass is 509 g/mol. The molecule has 0 amide bonds. The van der Waals surface area contributed by atoms with E-state index in [9.17, 15) is 0 Å². The summed E-state index contributed by atoms with van der Waals surface area (Å²) in [5.41, 5.74) is 6.43. The van der Waals surface area contributed by atoms with E-state index in [1.165, 1.54) is 43.8 Å². The predicted molar refractivity (Wildman–Crippen MR) is 126 cm³/mol. The molecule has 0 saturated heterocycles. The molecule has 4 heteroatoms. The average Bonchev–Trinajstić information content (AvgIpc) is 3.35. The van der Waals surface area contributed by atoms with Crippen LogP contribution in [0.2, 0.25) is 0 Å². The minimum atomic E-state index is -0.826. The number of benzene rings is 3. The average molecular weight is 512 g/mol. The van der Waals surface area contributed by atoms with Crippen LogP contribution < -0.4 is 0 Å². The molecule has 30 heavy (non-hydrogen) atoms. The zero-order valence-corrected chi connectivity index (χ0v) is 21.1. The summed E-state index contributed by atoms with van der Waals surface area (Å²) in [7, 11) is 9.87. The third-order valence-electron chi connectivity index (χ3n) is 5.61. The molecule has 0 aliphatic carbocycles. The molecule has 5 rings (SSSR count). The van der Waals surface area contributed by atoms with Crippen molar-refractivity contribution in [1.82, 2.24) is 0 Å². The van der Waals surface area contributed by atoms with Crippen molar-refractivity contribution >= 4 is 38.6 Å². The van der Waals surface area contributed by atoms with Gasteiger partial charge in [-0.05, 0) is 54.8 Å². The molecule has 1 heterocycles. The molecule has 0 aliphatic rings. The van der Waals surface area contributed by atoms with Crippen LogP contribution in [0.5, 0.6) is 0 Å². The van der Waals surface area contributed by atoms with Gasteiger partial charge in [-0.25, -0.2) is 0 Å². The van der Waals surface area contributed by atoms with E-state index in [-0.39, 0.29) is 0 Å². The van der Waals surface area contributed by atoms with Gasteiger partial charge < -0.3 is 4.42 Å². The van der Waals surface area contributed by atoms with E-state index in [4.69, 9.17) is 21.4 Å². The Bertz CT molecular complexity index is 1320. The summed E-state index contributed by atoms with van der Waals surface area (Å²) in [6, 6.07) is 26.1. The van der Waals surface area contributed by atoms with Crippen molar-refractivity contribution in [3.8, 4) is 22.5 Å². The van der Waals surface area contributed by atoms with Gasteiger partial charge in [0.2, 0.25) is 0 Å². The van der Waals surface area contributed by atoms with Gasteiger partial charge in [0, 0.05) is 0 Å². The van der Waals surface area contributed by atoms with Crippen molar-refractivity contribution in [2.24, 2.45) is 0 Å². The van der Waals surface area contributed by atoms with Crippen molar-refractivity contribution in [2.45, 2.75) is 20.8 Å². The Hall–Kier alpha value is -1.73. The van der Waals surface area contributed by atoms with Crippen molar-refractivity contribution in [3.05, 3.63) is 89.7 Å². The number of rotatable bonds is 2. The van der Waals surface area contributed by atoms with Crippen molar-refractivity contribution < 1.29 is 25.3 Å². The zero-order chi connectivity index (χ0) is 21.3. The van der Waals surface area contributed by atoms with Gasteiger partial charge in [0.05, 0.1) is 11.5 Å². The van der Waals surface area contributed by atoms with E-state index in [0.717, 1.165) is 17.1 Å². The van der Waals surface area contributed by atoms with Gasteiger partial charge in [-0.15, -0.1) is 29.0 Å². The van der Waals surface area contributed by atoms with Crippen LogP contribution in [0.3, 0.4) is 0 Å². The van der Waals surface area contributed by atoms with E-state index in [0.29, 0.717) is 0 Å². The number of hydrogen-bond acceptors (Lipinski definition) is 1. The summed E-state index contributed by atoms with van der Waals surface area (Å²) < 4.78 is 5.88. The minimum absolute atomic E-state index is 0.826. The van der Waals surface area contributed by atoms with Crippen LogP contribution >= 0.6 is 17.0 Å². The van der Waals surface area contributed by atoms with Gasteiger partial charge >= 0.3 is 37.9 Å². The molecular formula is C26H21Cl2OZr-. The molecule has 0 aliphatic heterocycles. The topological polar surface area (TPSA) is 13.1 Å². The van der Waals surface area contributed by atoms with E-state index >= 15 is 0 Å². The van der Waals surface area contributed by atoms with E-state index in [1.807, 2.05) is 13.0 Å². The van der Waals surface area contributed by atoms with Crippen LogP contribution in [0.1, 0.15) is 16.9 Å². The standard InChI is InChI=1S/C26H21O.2ClH.Zr/c1-16-13-20-14-21(25-12-11-17(2)27-25)15-24(20)26(18(16)3)23-10-6-8-19-7-4-5-9-22(19)23;;;/h4-15H,1-3H3;2*1H;/q-1;;;+2/p-2. The normalized spacial score (nSPS) is 10.8. The Morgan fingerprint density at radius 1 is 0.833 bits per heavy atom. The van der Waals surface area contributed by atoms with Gasteiger partial charge in [0.25, 0.3) is 0 Å². The SMILES string of the molecule is Cc1ccc(-c2cc3c(-c4cccc5ccccc45)c(C)c(C)cc3[cH-]2)o1.[Cl][Zr][Cl]. The molecule has 0 bridgehead atoms. The summed E-state index contributed by atoms with van der Waals surface area (Å²) in [4.78, 5) is 0. The summed E-state index contributed by atoms with van der Waals surface area (Å²) in [5.74, 6) is 1.87. The number of hydrogen-bond donors (Lipinski definition) is 0. The first-order valence-corrected chi connectivity index (χ1v) is 16.1. The van der Waals surface area contributed by atoms with Crippen LogP contribution in [0.4, 0.5) is 0 Å². The molecule has 4 aromatic carbocycles. The zero-order valence-electron chi connectivity index (χ0n) is 17.1. The molecule has 0 radical (unpaired) electrons. The second kappa shape index (κ2) is 9.18. The number of fused-ring (bicyclic) bond motifs is 2. The summed E-state index contributed by atoms with van der Waals surface area (Å²) in [5, 5.41) is 5.13. The first kappa shape index (κ1) is 21.5. The maximum absolute atomic E-state index is 5.88. The molecule has 0 N–H and O–H groups in total. The van der Waals surface area contributed by atoms with Gasteiger partial charge in [0.15, 0.2) is 0 Å². The second-order valence-electron chi connectivity index (χ2n) is 7.45. The molecule has 0 saturated carbocycles. The van der Waals surface area contributed by atoms with Crippen LogP contribution in [0, 0.1) is 20.8 Å². The van der Waals surface area contributed by atoms with Gasteiger partial charge in [-0.2, -0.15) is 0 Å². The fourth-order valence-corrected chi connectivity index (χ4v) is 4.12. The molecule has 0 spiro atoms. The summed E-state index contributed by atoms with van der Waals surface area (Å²) in [6.07, 6.45) is 0. The van der Waals surface area contributed by atoms with Crippen molar-refractivity contribution in [2.75, 3.05) is 0 Å². The maximum atomic E-state index is 5.88. The van der Waals surface area contributed by atoms with E-state index in [2.05, 4.69) is 80.6 Å². The van der Waals surface area contributed by atoms with Crippen LogP contribution in [0.25, 0.3) is 44.0 Å². The molecule has 0 atom stereocenters. The first-order chi connectivity index (χ1) is 14.5. The molecule has 1 aromatic heterocycles. The Morgan fingerprint density at radius 3 is 2.30 bits per heavy atom. The molecule has 5 aromatic rings. The third kappa shape index (κ3) is 4.06. The molecule has 150 valence electrons. The predicted octanol–water partition coefficient (Wildman–Crippen LogP) is 8.94. The molecular weight excluding hydrogens is 490 g/mol. The fourth-order valence-electron chi connectivity index (χ4n) is 4.12. The molecule has 0 fully saturated rings. The Labute approximate surface area is 195 Å². The van der Waals surface area contributed by atoms with Crippen LogP contribution in [-0.4, -0.2) is 0 Å². The van der Waals surface area contributed by atoms with Gasteiger partial charge in [0.1, 0.15) is 0 Å². The molecule has 1 nitrogen and oxygen atoms in total. The quantitative estimate of drug-likeness (QED) is 0.216. The van der Waals surface area contributed by atoms with E-state index in [1.54, 1.807) is 0 Å². The number of aryl methyl sites for hydroxylation is 2. The van der Waals surface area contributed by atoms with Crippen LogP contribution in [0.15, 0.2) is 77.2 Å². The van der Waals surface area contributed by atoms with Gasteiger partial charge in [-0.3, -0.25) is 0 Å². The fraction of sp³-hybridized carbons (Fsp3) is 0.115. The third-order valence-corrected chi connectivity index (χ3v) is 5.61. The Morgan fingerprint density at radius 2 is 1.57 bits per heavy atom. The second-order valence-corrected chi connectivity index (χ2v) is 11.2.